The van der Waals surface area contributed by atoms with Crippen molar-refractivity contribution in [2.24, 2.45) is 0 Å². The lowest BCUT2D eigenvalue weighted by molar-refractivity contribution is 0.102. The van der Waals surface area contributed by atoms with Crippen molar-refractivity contribution >= 4 is 44.9 Å². The van der Waals surface area contributed by atoms with E-state index in [1.54, 1.807) is 11.3 Å². The van der Waals surface area contributed by atoms with Crippen LogP contribution in [0.4, 0.5) is 5.13 Å². The van der Waals surface area contributed by atoms with Gasteiger partial charge in [0, 0.05) is 26.7 Å². The number of thiazole rings is 1. The summed E-state index contributed by atoms with van der Waals surface area (Å²) in [5.74, 6) is 0.776. The van der Waals surface area contributed by atoms with Crippen LogP contribution in [0.15, 0.2) is 71.6 Å². The minimum absolute atomic E-state index is 0.122. The molecule has 0 bridgehead atoms. The minimum Gasteiger partial charge on any atom is -0.298 e. The maximum atomic E-state index is 12.7. The molecule has 0 aliphatic carbocycles. The normalized spacial score (nSPS) is 12.5. The number of anilines is 1. The molecule has 4 aromatic rings. The third-order valence-corrected chi connectivity index (χ3v) is 6.68. The third-order valence-electron chi connectivity index (χ3n) is 4.43. The molecule has 0 saturated carbocycles. The smallest absolute Gasteiger partial charge is 0.257 e. The number of carbonyl (C=O) groups is 1. The Balaban J connectivity index is 1.45. The summed E-state index contributed by atoms with van der Waals surface area (Å²) in [7, 11) is 0. The number of aromatic nitrogens is 1. The van der Waals surface area contributed by atoms with E-state index in [1.807, 2.05) is 66.4 Å². The fourth-order valence-corrected chi connectivity index (χ4v) is 5.24. The summed E-state index contributed by atoms with van der Waals surface area (Å²) >= 11 is 3.38. The second-order valence-electron chi connectivity index (χ2n) is 6.09. The number of benzene rings is 3. The van der Waals surface area contributed by atoms with Crippen molar-refractivity contribution in [3.8, 4) is 11.3 Å². The number of nitrogens with zero attached hydrogens (tertiary/aromatic N) is 1. The van der Waals surface area contributed by atoms with Gasteiger partial charge in [0.25, 0.3) is 5.91 Å². The fraction of sp³-hybridized carbons (Fsp3) is 0.0476. The van der Waals surface area contributed by atoms with Crippen LogP contribution in [-0.4, -0.2) is 10.9 Å². The van der Waals surface area contributed by atoms with E-state index in [-0.39, 0.29) is 5.91 Å². The quantitative estimate of drug-likeness (QED) is 0.480. The summed E-state index contributed by atoms with van der Waals surface area (Å²) in [4.78, 5) is 19.8. The van der Waals surface area contributed by atoms with Gasteiger partial charge in [-0.05, 0) is 29.0 Å². The summed E-state index contributed by atoms with van der Waals surface area (Å²) < 4.78 is 0. The molecule has 1 aromatic heterocycles. The number of carbonyl (C=O) groups excluding carboxylic acids is 1. The topological polar surface area (TPSA) is 42.0 Å². The van der Waals surface area contributed by atoms with Crippen LogP contribution in [0.2, 0.25) is 0 Å². The van der Waals surface area contributed by atoms with Crippen molar-refractivity contribution < 1.29 is 4.79 Å². The van der Waals surface area contributed by atoms with Gasteiger partial charge >= 0.3 is 0 Å². The van der Waals surface area contributed by atoms with Crippen molar-refractivity contribution in [3.63, 3.8) is 0 Å². The van der Waals surface area contributed by atoms with Crippen LogP contribution in [0.25, 0.3) is 22.0 Å². The van der Waals surface area contributed by atoms with E-state index < -0.39 is 0 Å². The molecule has 1 aliphatic rings. The number of rotatable bonds is 2. The predicted octanol–water partition coefficient (Wildman–Crippen LogP) is 5.82. The summed E-state index contributed by atoms with van der Waals surface area (Å²) in [6, 6.07) is 22.1. The van der Waals surface area contributed by atoms with E-state index in [9.17, 15) is 4.79 Å². The van der Waals surface area contributed by atoms with Gasteiger partial charge in [0.05, 0.1) is 5.69 Å². The van der Waals surface area contributed by atoms with Crippen LogP contribution >= 0.6 is 23.1 Å². The average Bonchev–Trinajstić information content (AvgIpc) is 3.10. The van der Waals surface area contributed by atoms with E-state index in [4.69, 9.17) is 4.98 Å². The molecule has 26 heavy (non-hydrogen) atoms. The summed E-state index contributed by atoms with van der Waals surface area (Å²) in [5.41, 5.74) is 2.80. The van der Waals surface area contributed by atoms with Gasteiger partial charge in [0.2, 0.25) is 0 Å². The van der Waals surface area contributed by atoms with Crippen LogP contribution < -0.4 is 5.32 Å². The molecule has 0 atom stereocenters. The van der Waals surface area contributed by atoms with Crippen molar-refractivity contribution in [1.29, 1.82) is 0 Å². The van der Waals surface area contributed by atoms with Crippen LogP contribution in [0.3, 0.4) is 0 Å². The Morgan fingerprint density at radius 3 is 2.69 bits per heavy atom. The zero-order valence-corrected chi connectivity index (χ0v) is 15.4. The molecule has 5 heteroatoms. The molecular formula is C21H14N2OS2. The van der Waals surface area contributed by atoms with Gasteiger partial charge in [-0.25, -0.2) is 4.98 Å². The van der Waals surface area contributed by atoms with Crippen molar-refractivity contribution in [2.45, 2.75) is 10.6 Å². The van der Waals surface area contributed by atoms with Crippen molar-refractivity contribution in [1.82, 2.24) is 4.98 Å². The first kappa shape index (κ1) is 15.6. The maximum absolute atomic E-state index is 12.7. The Hall–Kier alpha value is -2.63. The Kier molecular flexibility index (Phi) is 3.76. The standard InChI is InChI=1S/C21H14N2OS2/c24-20(15-10-9-13-5-1-2-6-14(13)11-15)23-21-22-19-16-7-3-4-8-17(16)25-12-18(19)26-21/h1-11H,12H2,(H,22,23,24). The number of amides is 1. The van der Waals surface area contributed by atoms with E-state index in [2.05, 4.69) is 17.4 Å². The molecule has 3 aromatic carbocycles. The molecular weight excluding hydrogens is 360 g/mol. The molecule has 0 saturated heterocycles. The second kappa shape index (κ2) is 6.27. The molecule has 0 radical (unpaired) electrons. The minimum atomic E-state index is -0.122. The van der Waals surface area contributed by atoms with Crippen LogP contribution in [0.1, 0.15) is 15.2 Å². The van der Waals surface area contributed by atoms with Gasteiger partial charge in [0.15, 0.2) is 5.13 Å². The van der Waals surface area contributed by atoms with Crippen molar-refractivity contribution in [2.75, 3.05) is 5.32 Å². The van der Waals surface area contributed by atoms with Gasteiger partial charge < -0.3 is 0 Å². The average molecular weight is 374 g/mol. The van der Waals surface area contributed by atoms with Gasteiger partial charge in [-0.2, -0.15) is 0 Å². The first-order valence-electron chi connectivity index (χ1n) is 8.30. The summed E-state index contributed by atoms with van der Waals surface area (Å²) in [6.45, 7) is 0. The first-order valence-corrected chi connectivity index (χ1v) is 10.1. The summed E-state index contributed by atoms with van der Waals surface area (Å²) in [5, 5.41) is 5.81. The molecule has 5 rings (SSSR count). The SMILES string of the molecule is O=C(Nc1nc2c(s1)CSc1ccccc1-2)c1ccc2ccccc2c1. The number of hydrogen-bond donors (Lipinski definition) is 1. The molecule has 1 aliphatic heterocycles. The van der Waals surface area contributed by atoms with E-state index in [0.717, 1.165) is 27.8 Å². The molecule has 2 heterocycles. The Morgan fingerprint density at radius 2 is 1.77 bits per heavy atom. The number of thioether (sulfide) groups is 1. The summed E-state index contributed by atoms with van der Waals surface area (Å²) in [6.07, 6.45) is 0. The molecule has 126 valence electrons. The lowest BCUT2D eigenvalue weighted by atomic mass is 10.1. The van der Waals surface area contributed by atoms with E-state index in [0.29, 0.717) is 10.7 Å². The van der Waals surface area contributed by atoms with Gasteiger partial charge in [0.1, 0.15) is 0 Å². The highest BCUT2D eigenvalue weighted by Gasteiger charge is 2.21. The van der Waals surface area contributed by atoms with Gasteiger partial charge in [-0.3, -0.25) is 10.1 Å². The van der Waals surface area contributed by atoms with Crippen LogP contribution in [0.5, 0.6) is 0 Å². The monoisotopic (exact) mass is 374 g/mol. The fourth-order valence-electron chi connectivity index (χ4n) is 3.14. The largest absolute Gasteiger partial charge is 0.298 e. The van der Waals surface area contributed by atoms with Crippen molar-refractivity contribution in [3.05, 3.63) is 77.2 Å². The molecule has 1 N–H and O–H groups in total. The zero-order chi connectivity index (χ0) is 17.5. The van der Waals surface area contributed by atoms with Gasteiger partial charge in [-0.15, -0.1) is 23.1 Å². The first-order chi connectivity index (χ1) is 12.8. The lowest BCUT2D eigenvalue weighted by Gasteiger charge is -2.13. The highest BCUT2D eigenvalue weighted by molar-refractivity contribution is 7.98. The third kappa shape index (κ3) is 2.69. The Bertz CT molecular complexity index is 1150. The number of nitrogens with one attached hydrogen (secondary N) is 1. The Morgan fingerprint density at radius 1 is 0.962 bits per heavy atom. The number of hydrogen-bond acceptors (Lipinski definition) is 4. The highest BCUT2D eigenvalue weighted by Crippen LogP contribution is 2.44. The van der Waals surface area contributed by atoms with Gasteiger partial charge in [-0.1, -0.05) is 48.5 Å². The lowest BCUT2D eigenvalue weighted by Crippen LogP contribution is -2.11. The van der Waals surface area contributed by atoms with E-state index >= 15 is 0 Å². The highest BCUT2D eigenvalue weighted by atomic mass is 32.2. The van der Waals surface area contributed by atoms with Crippen LogP contribution in [0, 0.1) is 0 Å². The Labute approximate surface area is 159 Å². The molecule has 0 unspecified atom stereocenters. The molecule has 0 fully saturated rings. The molecule has 3 nitrogen and oxygen atoms in total. The zero-order valence-electron chi connectivity index (χ0n) is 13.7. The van der Waals surface area contributed by atoms with Crippen LogP contribution in [-0.2, 0) is 5.75 Å². The predicted molar refractivity (Wildman–Crippen MR) is 109 cm³/mol. The molecule has 1 amide bonds. The number of fused-ring (bicyclic) bond motifs is 4. The maximum Gasteiger partial charge on any atom is 0.257 e. The van der Waals surface area contributed by atoms with E-state index in [1.165, 1.54) is 9.77 Å². The second-order valence-corrected chi connectivity index (χ2v) is 8.19. The molecule has 0 spiro atoms.